The summed E-state index contributed by atoms with van der Waals surface area (Å²) in [6.07, 6.45) is 4.55. The average Bonchev–Trinajstić information content (AvgIpc) is 3.14. The van der Waals surface area contributed by atoms with Crippen molar-refractivity contribution in [1.82, 2.24) is 29.6 Å². The maximum absolute atomic E-state index is 13.1. The first-order chi connectivity index (χ1) is 16.3. The molecule has 0 radical (unpaired) electrons. The predicted molar refractivity (Wildman–Crippen MR) is 134 cm³/mol. The summed E-state index contributed by atoms with van der Waals surface area (Å²) in [6.45, 7) is 11.2. The second-order valence-electron chi connectivity index (χ2n) is 9.14. The van der Waals surface area contributed by atoms with Gasteiger partial charge in [0, 0.05) is 12.1 Å². The monoisotopic (exact) mass is 482 g/mol. The lowest BCUT2D eigenvalue weighted by atomic mass is 10.0. The lowest BCUT2D eigenvalue weighted by molar-refractivity contribution is 0.227. The molecule has 0 bridgehead atoms. The van der Waals surface area contributed by atoms with Gasteiger partial charge < -0.3 is 4.90 Å². The number of likely N-dealkylation sites (tertiary alicyclic amines) is 1. The second kappa shape index (κ2) is 10.3. The lowest BCUT2D eigenvalue weighted by Gasteiger charge is -2.26. The molecule has 34 heavy (non-hydrogen) atoms. The molecule has 0 amide bonds. The molecule has 182 valence electrons. The van der Waals surface area contributed by atoms with Crippen LogP contribution < -0.4 is 4.72 Å². The Labute approximate surface area is 202 Å². The fourth-order valence-corrected chi connectivity index (χ4v) is 5.96. The van der Waals surface area contributed by atoms with Crippen molar-refractivity contribution in [1.29, 1.82) is 0 Å². The number of sulfonamides is 1. The second-order valence-corrected chi connectivity index (χ2v) is 10.8. The first-order valence-electron chi connectivity index (χ1n) is 12.0. The highest BCUT2D eigenvalue weighted by molar-refractivity contribution is 7.89. The highest BCUT2D eigenvalue weighted by Gasteiger charge is 2.25. The average molecular weight is 483 g/mol. The van der Waals surface area contributed by atoms with Gasteiger partial charge in [-0.25, -0.2) is 17.8 Å². The van der Waals surface area contributed by atoms with Gasteiger partial charge in [0.15, 0.2) is 5.82 Å². The molecule has 3 aromatic rings. The predicted octanol–water partition coefficient (Wildman–Crippen LogP) is 3.72. The van der Waals surface area contributed by atoms with E-state index < -0.39 is 10.0 Å². The molecule has 1 aliphatic heterocycles. The molecule has 0 atom stereocenters. The summed E-state index contributed by atoms with van der Waals surface area (Å²) < 4.78 is 30.4. The zero-order valence-electron chi connectivity index (χ0n) is 20.5. The molecule has 1 saturated heterocycles. The zero-order valence-corrected chi connectivity index (χ0v) is 21.3. The molecular weight excluding hydrogens is 448 g/mol. The maximum Gasteiger partial charge on any atom is 0.244 e. The van der Waals surface area contributed by atoms with Crippen LogP contribution in [-0.2, 0) is 10.0 Å². The Morgan fingerprint density at radius 3 is 2.38 bits per heavy atom. The van der Waals surface area contributed by atoms with Crippen molar-refractivity contribution < 1.29 is 8.42 Å². The van der Waals surface area contributed by atoms with Gasteiger partial charge in [0.05, 0.1) is 17.1 Å². The van der Waals surface area contributed by atoms with E-state index in [1.807, 2.05) is 18.2 Å². The van der Waals surface area contributed by atoms with Crippen LogP contribution in [0, 0.1) is 27.7 Å². The van der Waals surface area contributed by atoms with E-state index in [1.54, 1.807) is 18.5 Å². The first kappa shape index (κ1) is 24.5. The molecule has 0 unspecified atom stereocenters. The van der Waals surface area contributed by atoms with E-state index >= 15 is 0 Å². The third-order valence-electron chi connectivity index (χ3n) is 6.56. The Balaban J connectivity index is 1.47. The van der Waals surface area contributed by atoms with Gasteiger partial charge in [-0.1, -0.05) is 18.6 Å². The van der Waals surface area contributed by atoms with Crippen LogP contribution in [0.4, 0.5) is 0 Å². The van der Waals surface area contributed by atoms with E-state index in [1.165, 1.54) is 30.4 Å². The quantitative estimate of drug-likeness (QED) is 0.492. The molecule has 0 spiro atoms. The summed E-state index contributed by atoms with van der Waals surface area (Å²) in [4.78, 5) is 2.62. The number of nitrogens with one attached hydrogen (secondary N) is 1. The first-order valence-corrected chi connectivity index (χ1v) is 13.4. The van der Waals surface area contributed by atoms with Crippen molar-refractivity contribution in [3.8, 4) is 17.1 Å². The molecule has 8 nitrogen and oxygen atoms in total. The van der Waals surface area contributed by atoms with Crippen molar-refractivity contribution in [3.05, 3.63) is 52.8 Å². The van der Waals surface area contributed by atoms with Gasteiger partial charge in [0.2, 0.25) is 10.0 Å². The summed E-state index contributed by atoms with van der Waals surface area (Å²) in [6, 6.07) is 9.88. The van der Waals surface area contributed by atoms with Crippen molar-refractivity contribution in [3.63, 3.8) is 0 Å². The summed E-state index contributed by atoms with van der Waals surface area (Å²) in [5.41, 5.74) is 5.14. The fraction of sp³-hybridized carbons (Fsp3) is 0.480. The van der Waals surface area contributed by atoms with E-state index in [0.717, 1.165) is 37.3 Å². The standard InChI is InChI=1S/C25H34N6O2S/c1-18-9-10-22(17-19(18)2)23-11-12-24(28-27-23)31-21(4)25(20(3)29-31)34(32,33)26-13-8-16-30-14-6-5-7-15-30/h9-12,17,26H,5-8,13-16H2,1-4H3. The van der Waals surface area contributed by atoms with Crippen LogP contribution in [0.15, 0.2) is 35.2 Å². The summed E-state index contributed by atoms with van der Waals surface area (Å²) in [5.74, 6) is 0.486. The third-order valence-corrected chi connectivity index (χ3v) is 8.27. The molecule has 1 aromatic carbocycles. The number of rotatable bonds is 8. The SMILES string of the molecule is Cc1ccc(-c2ccc(-n3nc(C)c(S(=O)(=O)NCCCN4CCCCC4)c3C)nn2)cc1C. The summed E-state index contributed by atoms with van der Waals surface area (Å²) in [5, 5.41) is 13.2. The van der Waals surface area contributed by atoms with Gasteiger partial charge in [0.25, 0.3) is 0 Å². The van der Waals surface area contributed by atoms with Crippen molar-refractivity contribution in [2.45, 2.75) is 58.3 Å². The number of aromatic nitrogens is 4. The Hall–Kier alpha value is -2.62. The van der Waals surface area contributed by atoms with Gasteiger partial charge in [-0.3, -0.25) is 0 Å². The molecule has 1 aliphatic rings. The number of hydrogen-bond donors (Lipinski definition) is 1. The van der Waals surface area contributed by atoms with Gasteiger partial charge in [-0.2, -0.15) is 5.10 Å². The van der Waals surface area contributed by atoms with Crippen LogP contribution in [0.1, 0.15) is 48.2 Å². The Morgan fingerprint density at radius 1 is 0.941 bits per heavy atom. The maximum atomic E-state index is 13.1. The minimum Gasteiger partial charge on any atom is -0.303 e. The van der Waals surface area contributed by atoms with Crippen molar-refractivity contribution >= 4 is 10.0 Å². The Bertz CT molecular complexity index is 1250. The van der Waals surface area contributed by atoms with Gasteiger partial charge >= 0.3 is 0 Å². The van der Waals surface area contributed by atoms with E-state index in [9.17, 15) is 8.42 Å². The van der Waals surface area contributed by atoms with Crippen LogP contribution in [0.2, 0.25) is 0 Å². The van der Waals surface area contributed by atoms with Crippen LogP contribution in [-0.4, -0.2) is 59.5 Å². The molecule has 1 fully saturated rings. The molecule has 9 heteroatoms. The van der Waals surface area contributed by atoms with Crippen molar-refractivity contribution in [2.24, 2.45) is 0 Å². The molecule has 0 aliphatic carbocycles. The van der Waals surface area contributed by atoms with Crippen LogP contribution in [0.3, 0.4) is 0 Å². The fourth-order valence-electron chi connectivity index (χ4n) is 4.50. The number of piperidine rings is 1. The van der Waals surface area contributed by atoms with Crippen LogP contribution in [0.25, 0.3) is 17.1 Å². The van der Waals surface area contributed by atoms with Gasteiger partial charge in [-0.05, 0) is 95.9 Å². The van der Waals surface area contributed by atoms with Gasteiger partial charge in [-0.15, -0.1) is 10.2 Å². The van der Waals surface area contributed by atoms with Gasteiger partial charge in [0.1, 0.15) is 4.90 Å². The normalized spacial score (nSPS) is 15.1. The highest BCUT2D eigenvalue weighted by atomic mass is 32.2. The third kappa shape index (κ3) is 5.37. The zero-order chi connectivity index (χ0) is 24.3. The number of hydrogen-bond acceptors (Lipinski definition) is 6. The van der Waals surface area contributed by atoms with Crippen LogP contribution >= 0.6 is 0 Å². The summed E-state index contributed by atoms with van der Waals surface area (Å²) >= 11 is 0. The molecule has 3 heterocycles. The molecule has 2 aromatic heterocycles. The summed E-state index contributed by atoms with van der Waals surface area (Å²) in [7, 11) is -3.67. The van der Waals surface area contributed by atoms with E-state index in [0.29, 0.717) is 23.8 Å². The number of aryl methyl sites for hydroxylation is 3. The number of nitrogens with zero attached hydrogens (tertiary/aromatic N) is 5. The van der Waals surface area contributed by atoms with E-state index in [-0.39, 0.29) is 4.90 Å². The molecule has 1 N–H and O–H groups in total. The van der Waals surface area contributed by atoms with E-state index in [2.05, 4.69) is 50.9 Å². The Kier molecular flexibility index (Phi) is 7.45. The number of benzene rings is 1. The van der Waals surface area contributed by atoms with E-state index in [4.69, 9.17) is 0 Å². The molecule has 0 saturated carbocycles. The smallest absolute Gasteiger partial charge is 0.244 e. The molecular formula is C25H34N6O2S. The van der Waals surface area contributed by atoms with Crippen LogP contribution in [0.5, 0.6) is 0 Å². The van der Waals surface area contributed by atoms with Crippen molar-refractivity contribution in [2.75, 3.05) is 26.2 Å². The largest absolute Gasteiger partial charge is 0.303 e. The topological polar surface area (TPSA) is 93.0 Å². The minimum absolute atomic E-state index is 0.213. The Morgan fingerprint density at radius 2 is 1.71 bits per heavy atom. The lowest BCUT2D eigenvalue weighted by Crippen LogP contribution is -2.33. The highest BCUT2D eigenvalue weighted by Crippen LogP contribution is 2.24. The molecule has 4 rings (SSSR count). The minimum atomic E-state index is -3.67.